The molecule has 0 radical (unpaired) electrons. The Balaban J connectivity index is 1.30. The van der Waals surface area contributed by atoms with E-state index in [1.54, 1.807) is 0 Å². The van der Waals surface area contributed by atoms with Crippen molar-refractivity contribution in [1.29, 1.82) is 0 Å². The van der Waals surface area contributed by atoms with Crippen LogP contribution in [0.15, 0.2) is 24.3 Å². The zero-order chi connectivity index (χ0) is 19.6. The monoisotopic (exact) mass is 386 g/mol. The van der Waals surface area contributed by atoms with Crippen LogP contribution in [-0.4, -0.2) is 31.9 Å². The summed E-state index contributed by atoms with van der Waals surface area (Å²) in [7, 11) is 1.83. The van der Waals surface area contributed by atoms with Crippen molar-refractivity contribution < 1.29 is 14.3 Å². The number of rotatable bonds is 8. The molecule has 4 aliphatic rings. The topological polar surface area (TPSA) is 59.6 Å². The number of methoxy groups -OCH3 is 1. The maximum atomic E-state index is 12.5. The minimum atomic E-state index is -0.179. The number of amides is 2. The molecule has 28 heavy (non-hydrogen) atoms. The minimum absolute atomic E-state index is 0.162. The second-order valence-electron chi connectivity index (χ2n) is 9.00. The van der Waals surface area contributed by atoms with Gasteiger partial charge in [-0.3, -0.25) is 0 Å². The fourth-order valence-electron chi connectivity index (χ4n) is 6.04. The minimum Gasteiger partial charge on any atom is -0.494 e. The average Bonchev–Trinajstić information content (AvgIpc) is 2.69. The first-order chi connectivity index (χ1) is 13.6. The molecule has 5 rings (SSSR count). The number of nitrogens with one attached hydrogen (secondary N) is 2. The van der Waals surface area contributed by atoms with Crippen molar-refractivity contribution in [2.75, 3.05) is 25.6 Å². The highest BCUT2D eigenvalue weighted by Crippen LogP contribution is 2.59. The van der Waals surface area contributed by atoms with E-state index in [4.69, 9.17) is 9.47 Å². The molecule has 1 aromatic carbocycles. The van der Waals surface area contributed by atoms with Crippen molar-refractivity contribution in [3.8, 4) is 5.75 Å². The van der Waals surface area contributed by atoms with Crippen molar-refractivity contribution in [2.45, 2.75) is 57.5 Å². The molecule has 0 heterocycles. The molecule has 0 unspecified atom stereocenters. The molecule has 4 saturated carbocycles. The Hall–Kier alpha value is -1.75. The summed E-state index contributed by atoms with van der Waals surface area (Å²) in [6.45, 7) is 3.47. The quantitative estimate of drug-likeness (QED) is 0.629. The third-order valence-corrected chi connectivity index (χ3v) is 7.30. The molecule has 2 amide bonds. The summed E-state index contributed by atoms with van der Waals surface area (Å²) in [5, 5.41) is 6.04. The Morgan fingerprint density at radius 2 is 1.71 bits per heavy atom. The van der Waals surface area contributed by atoms with Gasteiger partial charge in [0.25, 0.3) is 0 Å². The molecule has 0 spiro atoms. The predicted molar refractivity (Wildman–Crippen MR) is 111 cm³/mol. The van der Waals surface area contributed by atoms with Gasteiger partial charge in [0.15, 0.2) is 0 Å². The fraction of sp³-hybridized carbons (Fsp3) is 0.696. The van der Waals surface area contributed by atoms with E-state index < -0.39 is 0 Å². The Labute approximate surface area is 168 Å². The van der Waals surface area contributed by atoms with Crippen LogP contribution >= 0.6 is 0 Å². The summed E-state index contributed by atoms with van der Waals surface area (Å²) in [5.41, 5.74) is 0.596. The van der Waals surface area contributed by atoms with Gasteiger partial charge in [0.1, 0.15) is 5.75 Å². The summed E-state index contributed by atoms with van der Waals surface area (Å²) in [5.74, 6) is 3.80. The van der Waals surface area contributed by atoms with E-state index in [2.05, 4.69) is 17.6 Å². The van der Waals surface area contributed by atoms with Crippen LogP contribution in [0.2, 0.25) is 0 Å². The highest BCUT2D eigenvalue weighted by Gasteiger charge is 2.57. The summed E-state index contributed by atoms with van der Waals surface area (Å²) in [6, 6.07) is 7.41. The third-order valence-electron chi connectivity index (χ3n) is 7.30. The second kappa shape index (κ2) is 8.32. The molecule has 0 atom stereocenters. The van der Waals surface area contributed by atoms with Gasteiger partial charge in [-0.1, -0.05) is 13.3 Å². The maximum absolute atomic E-state index is 12.5. The normalized spacial score (nSPS) is 32.9. The van der Waals surface area contributed by atoms with Gasteiger partial charge in [0.05, 0.1) is 12.2 Å². The van der Waals surface area contributed by atoms with Gasteiger partial charge in [-0.2, -0.15) is 0 Å². The van der Waals surface area contributed by atoms with E-state index >= 15 is 0 Å². The number of anilines is 1. The largest absolute Gasteiger partial charge is 0.494 e. The number of carbonyl (C=O) groups is 1. The number of hydrogen-bond acceptors (Lipinski definition) is 3. The lowest BCUT2D eigenvalue weighted by Crippen LogP contribution is -2.63. The van der Waals surface area contributed by atoms with E-state index in [-0.39, 0.29) is 11.6 Å². The van der Waals surface area contributed by atoms with E-state index in [1.165, 1.54) is 32.1 Å². The smallest absolute Gasteiger partial charge is 0.319 e. The molecular formula is C23H34N2O3. The van der Waals surface area contributed by atoms with Gasteiger partial charge in [-0.15, -0.1) is 0 Å². The Bertz CT molecular complexity index is 645. The van der Waals surface area contributed by atoms with Crippen LogP contribution in [0, 0.1) is 23.7 Å². The van der Waals surface area contributed by atoms with Gasteiger partial charge in [0, 0.05) is 19.3 Å². The molecule has 5 nitrogen and oxygen atoms in total. The second-order valence-corrected chi connectivity index (χ2v) is 9.00. The number of unbranched alkanes of at least 4 members (excludes halogenated alkanes) is 1. The van der Waals surface area contributed by atoms with Crippen molar-refractivity contribution in [3.05, 3.63) is 24.3 Å². The Morgan fingerprint density at radius 1 is 1.07 bits per heavy atom. The van der Waals surface area contributed by atoms with Gasteiger partial charge in [-0.25, -0.2) is 4.79 Å². The van der Waals surface area contributed by atoms with Crippen molar-refractivity contribution >= 4 is 11.7 Å². The summed E-state index contributed by atoms with van der Waals surface area (Å²) in [4.78, 5) is 12.5. The molecule has 4 aliphatic carbocycles. The zero-order valence-electron chi connectivity index (χ0n) is 17.2. The molecule has 0 aromatic heterocycles. The first kappa shape index (κ1) is 19.6. The molecule has 0 aliphatic heterocycles. The standard InChI is InChI=1S/C23H34N2O3/c1-3-4-9-28-21-7-5-20(6-8-21)25-22(26)24-15-23(27-2)18-11-16-10-17(13-18)14-19(23)12-16/h5-8,16-19H,3-4,9-15H2,1-2H3,(H2,24,25,26). The van der Waals surface area contributed by atoms with E-state index in [0.717, 1.165) is 42.7 Å². The number of carbonyl (C=O) groups excluding carboxylic acids is 1. The first-order valence-electron chi connectivity index (χ1n) is 11.0. The number of hydrogen-bond donors (Lipinski definition) is 2. The molecule has 0 saturated heterocycles. The lowest BCUT2D eigenvalue weighted by molar-refractivity contribution is -0.186. The fourth-order valence-corrected chi connectivity index (χ4v) is 6.04. The average molecular weight is 387 g/mol. The first-order valence-corrected chi connectivity index (χ1v) is 11.0. The zero-order valence-corrected chi connectivity index (χ0v) is 17.2. The SMILES string of the molecule is CCCCOc1ccc(NC(=O)NCC2(OC)C3CC4CC(C3)CC2C4)cc1. The molecule has 2 N–H and O–H groups in total. The van der Waals surface area contributed by atoms with Crippen LogP contribution in [-0.2, 0) is 4.74 Å². The Morgan fingerprint density at radius 3 is 2.29 bits per heavy atom. The van der Waals surface area contributed by atoms with Crippen molar-refractivity contribution in [3.63, 3.8) is 0 Å². The van der Waals surface area contributed by atoms with Gasteiger partial charge in [-0.05, 0) is 86.5 Å². The van der Waals surface area contributed by atoms with E-state index in [1.807, 2.05) is 31.4 Å². The lowest BCUT2D eigenvalue weighted by atomic mass is 9.49. The summed E-state index contributed by atoms with van der Waals surface area (Å²) >= 11 is 0. The lowest BCUT2D eigenvalue weighted by Gasteiger charge is -2.60. The highest BCUT2D eigenvalue weighted by atomic mass is 16.5. The maximum Gasteiger partial charge on any atom is 0.319 e. The molecule has 1 aromatic rings. The highest BCUT2D eigenvalue weighted by molar-refractivity contribution is 5.89. The Kier molecular flexibility index (Phi) is 5.81. The van der Waals surface area contributed by atoms with Crippen LogP contribution in [0.5, 0.6) is 5.75 Å². The third kappa shape index (κ3) is 3.86. The van der Waals surface area contributed by atoms with Crippen LogP contribution in [0.4, 0.5) is 10.5 Å². The van der Waals surface area contributed by atoms with E-state index in [9.17, 15) is 4.79 Å². The molecule has 4 bridgehead atoms. The van der Waals surface area contributed by atoms with Crippen LogP contribution < -0.4 is 15.4 Å². The molecular weight excluding hydrogens is 352 g/mol. The number of benzene rings is 1. The van der Waals surface area contributed by atoms with Crippen molar-refractivity contribution in [1.82, 2.24) is 5.32 Å². The van der Waals surface area contributed by atoms with Gasteiger partial charge in [0.2, 0.25) is 0 Å². The molecule has 5 heteroatoms. The van der Waals surface area contributed by atoms with Crippen LogP contribution in [0.3, 0.4) is 0 Å². The van der Waals surface area contributed by atoms with Crippen LogP contribution in [0.25, 0.3) is 0 Å². The van der Waals surface area contributed by atoms with E-state index in [0.29, 0.717) is 18.4 Å². The number of ether oxygens (including phenoxy) is 2. The molecule has 154 valence electrons. The predicted octanol–water partition coefficient (Wildman–Crippen LogP) is 4.83. The van der Waals surface area contributed by atoms with Crippen molar-refractivity contribution in [2.24, 2.45) is 23.7 Å². The summed E-state index contributed by atoms with van der Waals surface area (Å²) in [6.07, 6.45) is 8.65. The van der Waals surface area contributed by atoms with Gasteiger partial charge < -0.3 is 20.1 Å². The van der Waals surface area contributed by atoms with Crippen LogP contribution in [0.1, 0.15) is 51.9 Å². The number of urea groups is 1. The summed E-state index contributed by atoms with van der Waals surface area (Å²) < 4.78 is 11.8. The molecule has 4 fully saturated rings. The van der Waals surface area contributed by atoms with Gasteiger partial charge >= 0.3 is 6.03 Å².